The molecule has 1 rings (SSSR count). The van der Waals surface area contributed by atoms with Crippen LogP contribution in [0.1, 0.15) is 0 Å². The summed E-state index contributed by atoms with van der Waals surface area (Å²) in [6, 6.07) is 0. The van der Waals surface area contributed by atoms with Crippen molar-refractivity contribution in [1.29, 1.82) is 0 Å². The van der Waals surface area contributed by atoms with Crippen molar-refractivity contribution in [2.45, 2.75) is 0 Å². The highest BCUT2D eigenvalue weighted by Gasteiger charge is 1.96. The molecule has 1 aliphatic rings. The van der Waals surface area contributed by atoms with Crippen LogP contribution in [-0.4, -0.2) is 18.3 Å². The molecule has 0 atom stereocenters. The van der Waals surface area contributed by atoms with Gasteiger partial charge in [-0.05, 0) is 0 Å². The highest BCUT2D eigenvalue weighted by Crippen LogP contribution is 1.89. The van der Waals surface area contributed by atoms with E-state index in [2.05, 4.69) is 0 Å². The van der Waals surface area contributed by atoms with Crippen molar-refractivity contribution in [3.63, 3.8) is 0 Å². The standard InChI is InChI=1S/C4H8N2O/c5-6-3-1-2-4-7-6/h1-2H,3-5H2. The second-order valence-electron chi connectivity index (χ2n) is 1.37. The zero-order valence-electron chi connectivity index (χ0n) is 4.00. The third-order valence-corrected chi connectivity index (χ3v) is 0.789. The number of rotatable bonds is 0. The van der Waals surface area contributed by atoms with Crippen LogP contribution in [0.25, 0.3) is 0 Å². The average molecular weight is 100 g/mol. The van der Waals surface area contributed by atoms with Gasteiger partial charge in [0.15, 0.2) is 0 Å². The molecule has 0 fully saturated rings. The Labute approximate surface area is 42.3 Å². The van der Waals surface area contributed by atoms with Crippen LogP contribution in [0.3, 0.4) is 0 Å². The number of hydrogen-bond acceptors (Lipinski definition) is 3. The first-order valence-corrected chi connectivity index (χ1v) is 2.20. The van der Waals surface area contributed by atoms with Gasteiger partial charge in [-0.15, -0.1) is 5.17 Å². The van der Waals surface area contributed by atoms with E-state index in [0.29, 0.717) is 13.2 Å². The second kappa shape index (κ2) is 2.07. The zero-order chi connectivity index (χ0) is 5.11. The van der Waals surface area contributed by atoms with Crippen LogP contribution in [0, 0.1) is 0 Å². The number of nitrogens with two attached hydrogens (primary N) is 1. The number of hydroxylamine groups is 1. The number of nitrogens with zero attached hydrogens (tertiary/aromatic N) is 1. The minimum absolute atomic E-state index is 0.608. The van der Waals surface area contributed by atoms with Gasteiger partial charge in [-0.2, -0.15) is 0 Å². The molecule has 0 amide bonds. The lowest BCUT2D eigenvalue weighted by Gasteiger charge is -2.15. The minimum atomic E-state index is 0.608. The maximum atomic E-state index is 5.19. The lowest BCUT2D eigenvalue weighted by Crippen LogP contribution is -2.33. The predicted octanol–water partition coefficient (Wildman–Crippen LogP) is -0.337. The molecule has 0 aromatic rings. The molecule has 0 aromatic heterocycles. The van der Waals surface area contributed by atoms with Crippen LogP contribution >= 0.6 is 0 Å². The second-order valence-corrected chi connectivity index (χ2v) is 1.37. The fourth-order valence-electron chi connectivity index (χ4n) is 0.438. The SMILES string of the molecule is NN1CC=CCO1. The van der Waals surface area contributed by atoms with Crippen LogP contribution in [0.15, 0.2) is 12.2 Å². The smallest absolute Gasteiger partial charge is 0.0883 e. The van der Waals surface area contributed by atoms with Crippen molar-refractivity contribution >= 4 is 0 Å². The summed E-state index contributed by atoms with van der Waals surface area (Å²) >= 11 is 0. The monoisotopic (exact) mass is 100 g/mol. The summed E-state index contributed by atoms with van der Waals surface area (Å²) in [5.74, 6) is 5.19. The van der Waals surface area contributed by atoms with Crippen LogP contribution in [0.5, 0.6) is 0 Å². The Kier molecular flexibility index (Phi) is 1.41. The van der Waals surface area contributed by atoms with Crippen molar-refractivity contribution in [3.8, 4) is 0 Å². The molecule has 7 heavy (non-hydrogen) atoms. The van der Waals surface area contributed by atoms with E-state index >= 15 is 0 Å². The predicted molar refractivity (Wildman–Crippen MR) is 26.0 cm³/mol. The Morgan fingerprint density at radius 3 is 2.71 bits per heavy atom. The molecule has 2 N–H and O–H groups in total. The average Bonchev–Trinajstić information content (AvgIpc) is 1.69. The van der Waals surface area contributed by atoms with E-state index in [4.69, 9.17) is 10.7 Å². The maximum absolute atomic E-state index is 5.19. The van der Waals surface area contributed by atoms with E-state index in [1.54, 1.807) is 0 Å². The molecular weight excluding hydrogens is 92.1 g/mol. The highest BCUT2D eigenvalue weighted by molar-refractivity contribution is 4.84. The lowest BCUT2D eigenvalue weighted by molar-refractivity contribution is -0.149. The molecule has 1 heterocycles. The molecule has 0 bridgehead atoms. The van der Waals surface area contributed by atoms with Crippen LogP contribution in [0.4, 0.5) is 0 Å². The largest absolute Gasteiger partial charge is 0.280 e. The van der Waals surface area contributed by atoms with Crippen molar-refractivity contribution in [3.05, 3.63) is 12.2 Å². The molecule has 40 valence electrons. The van der Waals surface area contributed by atoms with Crippen LogP contribution in [-0.2, 0) is 4.84 Å². The van der Waals surface area contributed by atoms with E-state index in [1.807, 2.05) is 12.2 Å². The fourth-order valence-corrected chi connectivity index (χ4v) is 0.438. The molecule has 1 aliphatic heterocycles. The molecule has 0 spiro atoms. The summed E-state index contributed by atoms with van der Waals surface area (Å²) in [5, 5.41) is 1.31. The molecule has 0 saturated carbocycles. The molecule has 3 heteroatoms. The third kappa shape index (κ3) is 1.27. The van der Waals surface area contributed by atoms with Gasteiger partial charge in [0.1, 0.15) is 0 Å². The van der Waals surface area contributed by atoms with Crippen LogP contribution in [0.2, 0.25) is 0 Å². The van der Waals surface area contributed by atoms with E-state index in [9.17, 15) is 0 Å². The first-order valence-electron chi connectivity index (χ1n) is 2.20. The number of hydrogen-bond donors (Lipinski definition) is 1. The minimum Gasteiger partial charge on any atom is -0.280 e. The van der Waals surface area contributed by atoms with E-state index in [-0.39, 0.29) is 0 Å². The summed E-state index contributed by atoms with van der Waals surface area (Å²) in [4.78, 5) is 4.80. The van der Waals surface area contributed by atoms with Gasteiger partial charge >= 0.3 is 0 Å². The topological polar surface area (TPSA) is 38.5 Å². The van der Waals surface area contributed by atoms with E-state index in [1.165, 1.54) is 5.17 Å². The molecule has 0 aliphatic carbocycles. The van der Waals surface area contributed by atoms with E-state index in [0.717, 1.165) is 0 Å². The van der Waals surface area contributed by atoms with Crippen LogP contribution < -0.4 is 5.84 Å². The van der Waals surface area contributed by atoms with Gasteiger partial charge in [-0.25, -0.2) is 5.84 Å². The number of hydrazine groups is 1. The van der Waals surface area contributed by atoms with Crippen molar-refractivity contribution < 1.29 is 4.84 Å². The van der Waals surface area contributed by atoms with Gasteiger partial charge in [0.05, 0.1) is 13.2 Å². The first kappa shape index (κ1) is 4.77. The zero-order valence-corrected chi connectivity index (χ0v) is 4.00. The van der Waals surface area contributed by atoms with Gasteiger partial charge in [-0.1, -0.05) is 12.2 Å². The molecule has 0 saturated heterocycles. The summed E-state index contributed by atoms with van der Waals surface area (Å²) in [6.45, 7) is 1.30. The molecule has 3 nitrogen and oxygen atoms in total. The molecule has 0 radical (unpaired) electrons. The quantitative estimate of drug-likeness (QED) is 0.334. The van der Waals surface area contributed by atoms with Gasteiger partial charge in [0.2, 0.25) is 0 Å². The van der Waals surface area contributed by atoms with Gasteiger partial charge in [0, 0.05) is 0 Å². The fraction of sp³-hybridized carbons (Fsp3) is 0.500. The van der Waals surface area contributed by atoms with E-state index < -0.39 is 0 Å². The molecular formula is C4H8N2O. The Bertz CT molecular complexity index is 81.8. The Morgan fingerprint density at radius 1 is 1.57 bits per heavy atom. The Morgan fingerprint density at radius 2 is 2.43 bits per heavy atom. The van der Waals surface area contributed by atoms with Crippen molar-refractivity contribution in [1.82, 2.24) is 5.17 Å². The summed E-state index contributed by atoms with van der Waals surface area (Å²) in [7, 11) is 0. The highest BCUT2D eigenvalue weighted by atomic mass is 16.7. The first-order chi connectivity index (χ1) is 3.39. The maximum Gasteiger partial charge on any atom is 0.0883 e. The molecule has 0 aromatic carbocycles. The normalized spacial score (nSPS) is 23.0. The summed E-state index contributed by atoms with van der Waals surface area (Å²) < 4.78 is 0. The molecule has 0 unspecified atom stereocenters. The summed E-state index contributed by atoms with van der Waals surface area (Å²) in [5.41, 5.74) is 0. The summed E-state index contributed by atoms with van der Waals surface area (Å²) in [6.07, 6.45) is 3.90. The van der Waals surface area contributed by atoms with Gasteiger partial charge in [-0.3, -0.25) is 4.84 Å². The third-order valence-electron chi connectivity index (χ3n) is 0.789. The Balaban J connectivity index is 2.32. The Hall–Kier alpha value is -0.380. The van der Waals surface area contributed by atoms with Crippen molar-refractivity contribution in [2.75, 3.05) is 13.2 Å². The lowest BCUT2D eigenvalue weighted by atomic mass is 10.5. The van der Waals surface area contributed by atoms with Gasteiger partial charge in [0.25, 0.3) is 0 Å². The van der Waals surface area contributed by atoms with Gasteiger partial charge < -0.3 is 0 Å². The van der Waals surface area contributed by atoms with Crippen molar-refractivity contribution in [2.24, 2.45) is 5.84 Å².